The molecule has 40 heavy (non-hydrogen) atoms. The van der Waals surface area contributed by atoms with Gasteiger partial charge in [0.2, 0.25) is 5.43 Å². The summed E-state index contributed by atoms with van der Waals surface area (Å²) >= 11 is 0. The van der Waals surface area contributed by atoms with E-state index in [1.165, 1.54) is 6.07 Å². The zero-order valence-corrected chi connectivity index (χ0v) is 22.5. The van der Waals surface area contributed by atoms with Gasteiger partial charge in [-0.15, -0.1) is 0 Å². The number of carbonyl (C=O) groups excluding carboxylic acids is 1. The van der Waals surface area contributed by atoms with Gasteiger partial charge in [0, 0.05) is 31.9 Å². The number of carbonyl (C=O) groups is 1. The first-order valence-corrected chi connectivity index (χ1v) is 13.9. The second-order valence-corrected chi connectivity index (χ2v) is 10.6. The lowest BCUT2D eigenvalue weighted by Crippen LogP contribution is -2.34. The number of nitrogens with zero attached hydrogens (tertiary/aromatic N) is 2. The Kier molecular flexibility index (Phi) is 7.16. The molecule has 0 bridgehead atoms. The minimum absolute atomic E-state index is 0.0395. The first-order chi connectivity index (χ1) is 19.5. The fourth-order valence-corrected chi connectivity index (χ4v) is 5.87. The molecule has 0 spiro atoms. The van der Waals surface area contributed by atoms with Gasteiger partial charge in [-0.1, -0.05) is 24.3 Å². The van der Waals surface area contributed by atoms with Crippen molar-refractivity contribution in [2.75, 3.05) is 38.6 Å². The molecule has 8 nitrogen and oxygen atoms in total. The zero-order valence-electron chi connectivity index (χ0n) is 22.5. The first-order valence-electron chi connectivity index (χ1n) is 13.9. The Morgan fingerprint density at radius 1 is 1.15 bits per heavy atom. The highest BCUT2D eigenvalue weighted by atomic mass is 19.1. The molecule has 1 fully saturated rings. The molecule has 1 atom stereocenters. The molecular weight excluding hydrogens is 511 g/mol. The van der Waals surface area contributed by atoms with Crippen molar-refractivity contribution in [3.8, 4) is 17.2 Å². The lowest BCUT2D eigenvalue weighted by Gasteiger charge is -2.26. The summed E-state index contributed by atoms with van der Waals surface area (Å²) in [5.41, 5.74) is 0.637. The van der Waals surface area contributed by atoms with Crippen molar-refractivity contribution in [1.82, 2.24) is 14.8 Å². The van der Waals surface area contributed by atoms with Crippen molar-refractivity contribution in [2.24, 2.45) is 0 Å². The van der Waals surface area contributed by atoms with Gasteiger partial charge in [-0.25, -0.2) is 4.39 Å². The quantitative estimate of drug-likeness (QED) is 0.231. The molecule has 1 aromatic heterocycles. The summed E-state index contributed by atoms with van der Waals surface area (Å²) in [6.45, 7) is 1.97. The predicted octanol–water partition coefficient (Wildman–Crippen LogP) is 4.79. The van der Waals surface area contributed by atoms with Gasteiger partial charge in [0.05, 0.1) is 11.1 Å². The van der Waals surface area contributed by atoms with Crippen LogP contribution in [-0.2, 0) is 0 Å². The number of aliphatic hydroxyl groups is 1. The van der Waals surface area contributed by atoms with Crippen LogP contribution in [0.5, 0.6) is 11.5 Å². The largest absolute Gasteiger partial charge is 0.451 e. The smallest absolute Gasteiger partial charge is 0.256 e. The fourth-order valence-electron chi connectivity index (χ4n) is 5.87. The molecule has 0 aliphatic carbocycles. The van der Waals surface area contributed by atoms with Gasteiger partial charge < -0.3 is 29.9 Å². The number of ether oxygens (including phenoxy) is 1. The Balaban J connectivity index is 1.45. The number of aliphatic hydroxyl groups excluding tert-OH is 1. The first kappa shape index (κ1) is 26.3. The van der Waals surface area contributed by atoms with Crippen molar-refractivity contribution < 1.29 is 19.0 Å². The third kappa shape index (κ3) is 4.69. The predicted molar refractivity (Wildman–Crippen MR) is 154 cm³/mol. The Morgan fingerprint density at radius 3 is 2.70 bits per heavy atom. The fraction of sp³-hybridized carbons (Fsp3) is 0.355. The molecule has 0 saturated carbocycles. The maximum Gasteiger partial charge on any atom is 0.256 e. The molecule has 2 aliphatic rings. The van der Waals surface area contributed by atoms with Gasteiger partial charge >= 0.3 is 0 Å². The number of hydrogen-bond acceptors (Lipinski definition) is 6. The number of pyridine rings is 1. The Labute approximate surface area is 231 Å². The van der Waals surface area contributed by atoms with Crippen LogP contribution in [0, 0.1) is 5.82 Å². The molecular formula is C31H33FN4O4. The van der Waals surface area contributed by atoms with E-state index >= 15 is 4.39 Å². The normalized spacial score (nSPS) is 16.2. The van der Waals surface area contributed by atoms with E-state index in [4.69, 9.17) is 9.84 Å². The van der Waals surface area contributed by atoms with Gasteiger partial charge in [0.25, 0.3) is 5.91 Å². The topological polar surface area (TPSA) is 95.8 Å². The summed E-state index contributed by atoms with van der Waals surface area (Å²) in [6, 6.07) is 13.3. The van der Waals surface area contributed by atoms with Gasteiger partial charge in [-0.05, 0) is 74.7 Å². The summed E-state index contributed by atoms with van der Waals surface area (Å²) in [4.78, 5) is 29.2. The highest BCUT2D eigenvalue weighted by Crippen LogP contribution is 2.46. The lowest BCUT2D eigenvalue weighted by atomic mass is 10.0. The van der Waals surface area contributed by atoms with Crippen LogP contribution in [0.15, 0.2) is 53.5 Å². The number of benzene rings is 3. The van der Waals surface area contributed by atoms with Crippen LogP contribution in [0.3, 0.4) is 0 Å². The van der Waals surface area contributed by atoms with Gasteiger partial charge in [0.15, 0.2) is 17.3 Å². The standard InChI is InChI=1S/C31H33FN4O4/c1-35-13-6-9-21(35)10-12-34-31(39)23-18-36-25-15-19-7-2-3-8-20(19)16-26(25)40-30-27(33-11-4-5-14-37)24(32)17-22(28(30)36)29(23)38/h2-3,7-8,15-18,21,33,37H,4-6,9-14H2,1H3,(H,34,39). The zero-order chi connectivity index (χ0) is 27.8. The number of hydrogen-bond donors (Lipinski definition) is 3. The van der Waals surface area contributed by atoms with Crippen molar-refractivity contribution in [3.63, 3.8) is 0 Å². The molecule has 6 rings (SSSR count). The molecule has 1 saturated heterocycles. The second kappa shape index (κ2) is 10.9. The third-order valence-electron chi connectivity index (χ3n) is 8.06. The lowest BCUT2D eigenvalue weighted by molar-refractivity contribution is 0.0949. The van der Waals surface area contributed by atoms with E-state index in [0.29, 0.717) is 48.9 Å². The average molecular weight is 545 g/mol. The minimum Gasteiger partial charge on any atom is -0.451 e. The van der Waals surface area contributed by atoms with E-state index < -0.39 is 17.2 Å². The molecule has 3 aromatic carbocycles. The van der Waals surface area contributed by atoms with Crippen LogP contribution < -0.4 is 20.8 Å². The molecule has 9 heteroatoms. The summed E-state index contributed by atoms with van der Waals surface area (Å²) < 4.78 is 23.6. The number of rotatable bonds is 9. The third-order valence-corrected chi connectivity index (χ3v) is 8.06. The van der Waals surface area contributed by atoms with Gasteiger partial charge in [-0.2, -0.15) is 0 Å². The van der Waals surface area contributed by atoms with Crippen LogP contribution >= 0.6 is 0 Å². The molecule has 0 radical (unpaired) electrons. The maximum atomic E-state index is 15.5. The minimum atomic E-state index is -0.638. The average Bonchev–Trinajstić information content (AvgIpc) is 3.36. The number of likely N-dealkylation sites (tertiary alicyclic amines) is 1. The number of fused-ring (bicyclic) bond motifs is 3. The number of anilines is 1. The van der Waals surface area contributed by atoms with Crippen LogP contribution in [0.4, 0.5) is 10.1 Å². The van der Waals surface area contributed by atoms with Crippen molar-refractivity contribution in [3.05, 3.63) is 70.3 Å². The molecule has 3 N–H and O–H groups in total. The number of aromatic nitrogens is 1. The Morgan fingerprint density at radius 2 is 1.95 bits per heavy atom. The van der Waals surface area contributed by atoms with Crippen LogP contribution in [0.2, 0.25) is 0 Å². The van der Waals surface area contributed by atoms with Crippen LogP contribution in [0.25, 0.3) is 27.4 Å². The summed E-state index contributed by atoms with van der Waals surface area (Å²) in [6.07, 6.45) is 5.81. The maximum absolute atomic E-state index is 15.5. The summed E-state index contributed by atoms with van der Waals surface area (Å²) in [5, 5.41) is 17.1. The molecule has 208 valence electrons. The monoisotopic (exact) mass is 544 g/mol. The number of unbranched alkanes of at least 4 members (excludes halogenated alkanes) is 1. The Hall–Kier alpha value is -3.95. The molecule has 1 amide bonds. The second-order valence-electron chi connectivity index (χ2n) is 10.6. The van der Waals surface area contributed by atoms with Crippen LogP contribution in [0.1, 0.15) is 42.5 Å². The molecule has 3 heterocycles. The van der Waals surface area contributed by atoms with Gasteiger partial charge in [0.1, 0.15) is 16.8 Å². The van der Waals surface area contributed by atoms with Crippen molar-refractivity contribution in [2.45, 2.75) is 38.1 Å². The Bertz CT molecular complexity index is 1670. The van der Waals surface area contributed by atoms with E-state index in [9.17, 15) is 9.59 Å². The van der Waals surface area contributed by atoms with Crippen molar-refractivity contribution in [1.29, 1.82) is 0 Å². The van der Waals surface area contributed by atoms with E-state index in [-0.39, 0.29) is 29.0 Å². The van der Waals surface area contributed by atoms with E-state index in [1.807, 2.05) is 36.4 Å². The van der Waals surface area contributed by atoms with E-state index in [1.54, 1.807) is 10.8 Å². The SMILES string of the molecule is CN1CCCC1CCNC(=O)c1cn2c3c(c(NCCCCO)c(F)cc3c1=O)Oc1cc3ccccc3cc1-2. The summed E-state index contributed by atoms with van der Waals surface area (Å²) in [7, 11) is 2.09. The molecule has 4 aromatic rings. The highest BCUT2D eigenvalue weighted by molar-refractivity contribution is 6.02. The van der Waals surface area contributed by atoms with Gasteiger partial charge in [-0.3, -0.25) is 9.59 Å². The summed E-state index contributed by atoms with van der Waals surface area (Å²) in [5.74, 6) is -0.412. The number of halogens is 1. The molecule has 1 unspecified atom stereocenters. The number of amides is 1. The van der Waals surface area contributed by atoms with Crippen LogP contribution in [-0.4, -0.2) is 59.8 Å². The van der Waals surface area contributed by atoms with E-state index in [0.717, 1.165) is 36.6 Å². The van der Waals surface area contributed by atoms with Crippen molar-refractivity contribution >= 4 is 33.3 Å². The van der Waals surface area contributed by atoms with E-state index in [2.05, 4.69) is 22.6 Å². The highest BCUT2D eigenvalue weighted by Gasteiger charge is 2.29. The number of nitrogens with one attached hydrogen (secondary N) is 2. The molecule has 2 aliphatic heterocycles.